The second kappa shape index (κ2) is 8.33. The topological polar surface area (TPSA) is 46.5 Å². The summed E-state index contributed by atoms with van der Waals surface area (Å²) in [4.78, 5) is 10.2. The average molecular weight is 196 g/mol. The molecule has 0 saturated carbocycles. The lowest BCUT2D eigenvalue weighted by molar-refractivity contribution is -0.136. The molecule has 0 aromatic heterocycles. The van der Waals surface area contributed by atoms with Gasteiger partial charge in [0.2, 0.25) is 0 Å². The molecule has 0 rings (SSSR count). The lowest BCUT2D eigenvalue weighted by Crippen LogP contribution is -2.06. The summed E-state index contributed by atoms with van der Waals surface area (Å²) in [6, 6.07) is 0. The van der Waals surface area contributed by atoms with Gasteiger partial charge in [-0.1, -0.05) is 17.9 Å². The Bertz CT molecular complexity index is 235. The van der Waals surface area contributed by atoms with E-state index in [4.69, 9.17) is 9.84 Å². The first kappa shape index (κ1) is 12.7. The monoisotopic (exact) mass is 196 g/mol. The Morgan fingerprint density at radius 2 is 2.43 bits per heavy atom. The summed E-state index contributed by atoms with van der Waals surface area (Å²) in [7, 11) is 1.60. The molecule has 1 atom stereocenters. The van der Waals surface area contributed by atoms with Gasteiger partial charge in [0.1, 0.15) is 6.10 Å². The van der Waals surface area contributed by atoms with Crippen molar-refractivity contribution in [2.45, 2.75) is 31.8 Å². The first-order valence-electron chi connectivity index (χ1n) is 4.54. The first-order chi connectivity index (χ1) is 6.70. The van der Waals surface area contributed by atoms with Crippen LogP contribution in [0.1, 0.15) is 25.7 Å². The van der Waals surface area contributed by atoms with Gasteiger partial charge in [0.15, 0.2) is 0 Å². The van der Waals surface area contributed by atoms with Crippen LogP contribution in [-0.2, 0) is 9.53 Å². The molecule has 1 N–H and O–H groups in total. The van der Waals surface area contributed by atoms with E-state index < -0.39 is 5.97 Å². The number of carbonyl (C=O) groups is 1. The van der Waals surface area contributed by atoms with E-state index in [0.717, 1.165) is 12.8 Å². The molecule has 0 amide bonds. The highest BCUT2D eigenvalue weighted by atomic mass is 16.5. The van der Waals surface area contributed by atoms with Gasteiger partial charge < -0.3 is 9.84 Å². The fourth-order valence-electron chi connectivity index (χ4n) is 0.874. The minimum atomic E-state index is -0.820. The molecular weight excluding hydrogens is 180 g/mol. The fourth-order valence-corrected chi connectivity index (χ4v) is 0.874. The second-order valence-electron chi connectivity index (χ2n) is 2.81. The maximum absolute atomic E-state index is 10.2. The van der Waals surface area contributed by atoms with Gasteiger partial charge in [-0.3, -0.25) is 4.79 Å². The smallest absolute Gasteiger partial charge is 0.304 e. The van der Waals surface area contributed by atoms with Gasteiger partial charge >= 0.3 is 5.97 Å². The van der Waals surface area contributed by atoms with Crippen LogP contribution in [0, 0.1) is 11.8 Å². The summed E-state index contributed by atoms with van der Waals surface area (Å²) < 4.78 is 5.09. The molecule has 3 nitrogen and oxygen atoms in total. The number of aliphatic carboxylic acids is 1. The number of allylic oxidation sites excluding steroid dienone is 1. The lowest BCUT2D eigenvalue weighted by Gasteiger charge is -2.05. The van der Waals surface area contributed by atoms with Crippen molar-refractivity contribution >= 4 is 5.97 Å². The number of rotatable bonds is 6. The molecule has 78 valence electrons. The second-order valence-corrected chi connectivity index (χ2v) is 2.81. The molecule has 0 heterocycles. The molecule has 0 saturated heterocycles. The zero-order chi connectivity index (χ0) is 10.8. The van der Waals surface area contributed by atoms with Crippen LogP contribution in [0.15, 0.2) is 12.7 Å². The van der Waals surface area contributed by atoms with Crippen molar-refractivity contribution in [3.05, 3.63) is 12.7 Å². The zero-order valence-corrected chi connectivity index (χ0v) is 8.45. The zero-order valence-electron chi connectivity index (χ0n) is 8.45. The maximum atomic E-state index is 10.2. The van der Waals surface area contributed by atoms with E-state index in [2.05, 4.69) is 18.4 Å². The van der Waals surface area contributed by atoms with Crippen LogP contribution < -0.4 is 0 Å². The van der Waals surface area contributed by atoms with Crippen LogP contribution in [0.25, 0.3) is 0 Å². The predicted octanol–water partition coefficient (Wildman–Crippen LogP) is 1.84. The summed E-state index contributed by atoms with van der Waals surface area (Å²) in [5, 5.41) is 8.37. The van der Waals surface area contributed by atoms with Crippen LogP contribution in [0.3, 0.4) is 0 Å². The summed E-state index contributed by atoms with van der Waals surface area (Å²) in [6.45, 7) is 3.61. The Kier molecular flexibility index (Phi) is 7.58. The molecule has 0 aliphatic rings. The fraction of sp³-hybridized carbons (Fsp3) is 0.545. The van der Waals surface area contributed by atoms with Crippen molar-refractivity contribution in [3.63, 3.8) is 0 Å². The Morgan fingerprint density at radius 1 is 1.71 bits per heavy atom. The first-order valence-corrected chi connectivity index (χ1v) is 4.54. The van der Waals surface area contributed by atoms with E-state index in [9.17, 15) is 4.79 Å². The molecule has 0 spiro atoms. The molecule has 3 heteroatoms. The average Bonchev–Trinajstić information content (AvgIpc) is 2.16. The van der Waals surface area contributed by atoms with Crippen molar-refractivity contribution in [3.8, 4) is 11.8 Å². The van der Waals surface area contributed by atoms with Gasteiger partial charge in [-0.25, -0.2) is 0 Å². The van der Waals surface area contributed by atoms with Crippen molar-refractivity contribution in [2.75, 3.05) is 7.11 Å². The third-order valence-electron chi connectivity index (χ3n) is 1.64. The summed E-state index contributed by atoms with van der Waals surface area (Å²) in [5.41, 5.74) is 0. The van der Waals surface area contributed by atoms with Crippen molar-refractivity contribution in [1.29, 1.82) is 0 Å². The molecule has 0 radical (unpaired) electrons. The van der Waals surface area contributed by atoms with E-state index in [1.165, 1.54) is 0 Å². The highest BCUT2D eigenvalue weighted by Gasteiger charge is 2.00. The van der Waals surface area contributed by atoms with Crippen molar-refractivity contribution in [1.82, 2.24) is 0 Å². The van der Waals surface area contributed by atoms with Gasteiger partial charge in [-0.15, -0.1) is 6.58 Å². The summed E-state index contributed by atoms with van der Waals surface area (Å²) >= 11 is 0. The highest BCUT2D eigenvalue weighted by molar-refractivity contribution is 5.67. The van der Waals surface area contributed by atoms with Crippen LogP contribution in [-0.4, -0.2) is 24.3 Å². The summed E-state index contributed by atoms with van der Waals surface area (Å²) in [5.74, 6) is 4.84. The number of hydrogen-bond acceptors (Lipinski definition) is 2. The highest BCUT2D eigenvalue weighted by Crippen LogP contribution is 2.00. The number of carboxylic acid groups (broad SMARTS) is 1. The molecule has 14 heavy (non-hydrogen) atoms. The van der Waals surface area contributed by atoms with E-state index in [1.54, 1.807) is 7.11 Å². The minimum absolute atomic E-state index is 0.0882. The van der Waals surface area contributed by atoms with E-state index in [-0.39, 0.29) is 12.5 Å². The molecule has 0 aliphatic carbocycles. The Hall–Kier alpha value is -1.27. The van der Waals surface area contributed by atoms with E-state index in [1.807, 2.05) is 6.08 Å². The largest absolute Gasteiger partial charge is 0.481 e. The third kappa shape index (κ3) is 7.38. The molecule has 0 aliphatic heterocycles. The molecule has 0 aromatic rings. The maximum Gasteiger partial charge on any atom is 0.304 e. The number of carboxylic acids is 1. The van der Waals surface area contributed by atoms with E-state index in [0.29, 0.717) is 6.42 Å². The van der Waals surface area contributed by atoms with Crippen LogP contribution in [0.4, 0.5) is 0 Å². The molecule has 0 fully saturated rings. The molecule has 0 bridgehead atoms. The number of hydrogen-bond donors (Lipinski definition) is 1. The van der Waals surface area contributed by atoms with Crippen molar-refractivity contribution < 1.29 is 14.6 Å². The number of ether oxygens (including phenoxy) is 1. The molecular formula is C11H16O3. The van der Waals surface area contributed by atoms with Crippen molar-refractivity contribution in [2.24, 2.45) is 0 Å². The van der Waals surface area contributed by atoms with Crippen LogP contribution in [0.2, 0.25) is 0 Å². The lowest BCUT2D eigenvalue weighted by atomic mass is 10.2. The van der Waals surface area contributed by atoms with Gasteiger partial charge in [0.05, 0.1) is 6.42 Å². The SMILES string of the molecule is C=CCCC(C#CCCC(=O)O)OC. The van der Waals surface area contributed by atoms with E-state index >= 15 is 0 Å². The standard InChI is InChI=1S/C11H16O3/c1-3-4-7-10(14-2)8-5-6-9-11(12)13/h3,10H,1,4,6-7,9H2,2H3,(H,12,13). The number of methoxy groups -OCH3 is 1. The Balaban J connectivity index is 3.77. The normalized spacial score (nSPS) is 11.2. The predicted molar refractivity (Wildman–Crippen MR) is 54.9 cm³/mol. The van der Waals surface area contributed by atoms with Crippen LogP contribution in [0.5, 0.6) is 0 Å². The quantitative estimate of drug-likeness (QED) is 0.520. The molecule has 1 unspecified atom stereocenters. The minimum Gasteiger partial charge on any atom is -0.481 e. The third-order valence-corrected chi connectivity index (χ3v) is 1.64. The van der Waals surface area contributed by atoms with Gasteiger partial charge in [-0.05, 0) is 12.8 Å². The van der Waals surface area contributed by atoms with Gasteiger partial charge in [-0.2, -0.15) is 0 Å². The van der Waals surface area contributed by atoms with Crippen LogP contribution >= 0.6 is 0 Å². The Morgan fingerprint density at radius 3 is 2.93 bits per heavy atom. The summed E-state index contributed by atoms with van der Waals surface area (Å²) in [6.07, 6.45) is 3.83. The van der Waals surface area contributed by atoms with Gasteiger partial charge in [0, 0.05) is 13.5 Å². The molecule has 0 aromatic carbocycles. The Labute approximate surface area is 84.8 Å². The van der Waals surface area contributed by atoms with Gasteiger partial charge in [0.25, 0.3) is 0 Å².